The Balaban J connectivity index is 2.61. The first-order chi connectivity index (χ1) is 10.5. The summed E-state index contributed by atoms with van der Waals surface area (Å²) in [6.45, 7) is 3.35. The highest BCUT2D eigenvalue weighted by Gasteiger charge is 2.13. The molecule has 0 aromatic heterocycles. The van der Waals surface area contributed by atoms with E-state index in [1.165, 1.54) is 31.2 Å². The maximum Gasteiger partial charge on any atom is 0.305 e. The number of hydrogen-bond donors (Lipinski definition) is 0. The first-order valence-electron chi connectivity index (χ1n) is 6.96. The zero-order valence-electron chi connectivity index (χ0n) is 12.6. The van der Waals surface area contributed by atoms with E-state index in [-0.39, 0.29) is 24.8 Å². The van der Waals surface area contributed by atoms with Crippen LogP contribution in [0, 0.1) is 5.82 Å². The van der Waals surface area contributed by atoms with Crippen molar-refractivity contribution in [1.29, 1.82) is 0 Å². The Morgan fingerprint density at radius 3 is 2.50 bits per heavy atom. The quantitative estimate of drug-likeness (QED) is 0.546. The summed E-state index contributed by atoms with van der Waals surface area (Å²) in [6, 6.07) is 5.04. The second kappa shape index (κ2) is 9.59. The van der Waals surface area contributed by atoms with Crippen LogP contribution in [0.4, 0.5) is 10.1 Å². The number of rotatable bonds is 8. The molecule has 7 heteroatoms. The molecule has 120 valence electrons. The average Bonchev–Trinajstić information content (AvgIpc) is 2.48. The van der Waals surface area contributed by atoms with Crippen LogP contribution in [0.1, 0.15) is 26.7 Å². The molecule has 1 aromatic carbocycles. The molecule has 0 spiro atoms. The molecule has 0 saturated carbocycles. The van der Waals surface area contributed by atoms with E-state index in [2.05, 4.69) is 10.2 Å². The third-order valence-corrected chi connectivity index (χ3v) is 2.63. The minimum absolute atomic E-state index is 0.0272. The lowest BCUT2D eigenvalue weighted by Crippen LogP contribution is -2.17. The fourth-order valence-corrected chi connectivity index (χ4v) is 1.56. The zero-order chi connectivity index (χ0) is 16.4. The van der Waals surface area contributed by atoms with Crippen LogP contribution in [0.15, 0.2) is 34.5 Å². The summed E-state index contributed by atoms with van der Waals surface area (Å²) in [5.74, 6) is -1.14. The topological polar surface area (TPSA) is 77.3 Å². The Hall–Kier alpha value is -2.31. The highest BCUT2D eigenvalue weighted by molar-refractivity contribution is 5.69. The van der Waals surface area contributed by atoms with Crippen molar-refractivity contribution >= 4 is 17.6 Å². The van der Waals surface area contributed by atoms with Gasteiger partial charge in [0.15, 0.2) is 0 Å². The summed E-state index contributed by atoms with van der Waals surface area (Å²) in [5, 5.41) is 8.01. The number of carbonyl (C=O) groups excluding carboxylic acids is 2. The minimum Gasteiger partial charge on any atom is -0.466 e. The second-order valence-electron chi connectivity index (χ2n) is 4.49. The van der Waals surface area contributed by atoms with Gasteiger partial charge in [-0.15, -0.1) is 0 Å². The van der Waals surface area contributed by atoms with Crippen LogP contribution in [0.5, 0.6) is 0 Å². The molecule has 6 nitrogen and oxygen atoms in total. The summed E-state index contributed by atoms with van der Waals surface area (Å²) >= 11 is 0. The van der Waals surface area contributed by atoms with Crippen LogP contribution < -0.4 is 0 Å². The van der Waals surface area contributed by atoms with Crippen molar-refractivity contribution in [2.24, 2.45) is 10.2 Å². The molecule has 0 aliphatic carbocycles. The van der Waals surface area contributed by atoms with Crippen LogP contribution in [-0.2, 0) is 19.1 Å². The highest BCUT2D eigenvalue weighted by Crippen LogP contribution is 2.15. The average molecular weight is 310 g/mol. The fourth-order valence-electron chi connectivity index (χ4n) is 1.56. The predicted molar refractivity (Wildman–Crippen MR) is 77.2 cm³/mol. The highest BCUT2D eigenvalue weighted by atomic mass is 19.1. The van der Waals surface area contributed by atoms with Gasteiger partial charge >= 0.3 is 11.9 Å². The Labute approximate surface area is 128 Å². The van der Waals surface area contributed by atoms with Gasteiger partial charge in [0, 0.05) is 13.3 Å². The van der Waals surface area contributed by atoms with E-state index in [1.807, 2.05) is 0 Å². The molecule has 0 radical (unpaired) electrons. The number of ether oxygens (including phenoxy) is 2. The normalized spacial score (nSPS) is 12.1. The summed E-state index contributed by atoms with van der Waals surface area (Å²) in [7, 11) is 0. The predicted octanol–water partition coefficient (Wildman–Crippen LogP) is 3.18. The molecule has 0 N–H and O–H groups in total. The molecule has 22 heavy (non-hydrogen) atoms. The minimum atomic E-state index is -0.460. The monoisotopic (exact) mass is 310 g/mol. The third kappa shape index (κ3) is 7.47. The van der Waals surface area contributed by atoms with Crippen LogP contribution in [0.3, 0.4) is 0 Å². The van der Waals surface area contributed by atoms with Gasteiger partial charge in [-0.2, -0.15) is 10.2 Å². The van der Waals surface area contributed by atoms with Gasteiger partial charge in [-0.1, -0.05) is 0 Å². The van der Waals surface area contributed by atoms with Crippen LogP contribution >= 0.6 is 0 Å². The van der Waals surface area contributed by atoms with Gasteiger partial charge in [0.2, 0.25) is 0 Å². The summed E-state index contributed by atoms with van der Waals surface area (Å²) in [6.07, 6.45) is 0.499. The molecule has 1 unspecified atom stereocenters. The van der Waals surface area contributed by atoms with Crippen LogP contribution in [0.25, 0.3) is 0 Å². The number of nitrogens with zero attached hydrogens (tertiary/aromatic N) is 2. The van der Waals surface area contributed by atoms with E-state index < -0.39 is 12.0 Å². The SMILES string of the molecule is CCOC(=O)CCC(COC(C)=O)N=Nc1ccc(F)cc1. The number of azo groups is 1. The fraction of sp³-hybridized carbons (Fsp3) is 0.467. The standard InChI is InChI=1S/C15H19FN2O4/c1-3-21-15(20)9-8-14(10-22-11(2)19)18-17-13-6-4-12(16)5-7-13/h4-7,14H,3,8-10H2,1-2H3. The first-order valence-corrected chi connectivity index (χ1v) is 6.96. The Bertz CT molecular complexity index is 517. The van der Waals surface area contributed by atoms with Gasteiger partial charge < -0.3 is 9.47 Å². The lowest BCUT2D eigenvalue weighted by atomic mass is 10.2. The van der Waals surface area contributed by atoms with E-state index in [0.717, 1.165) is 0 Å². The van der Waals surface area contributed by atoms with Gasteiger partial charge in [0.05, 0.1) is 12.3 Å². The molecular formula is C15H19FN2O4. The number of benzene rings is 1. The molecule has 0 fully saturated rings. The number of hydrogen-bond acceptors (Lipinski definition) is 6. The van der Waals surface area contributed by atoms with Gasteiger partial charge in [-0.3, -0.25) is 9.59 Å². The Morgan fingerprint density at radius 2 is 1.91 bits per heavy atom. The van der Waals surface area contributed by atoms with Gasteiger partial charge in [0.25, 0.3) is 0 Å². The molecular weight excluding hydrogens is 291 g/mol. The van der Waals surface area contributed by atoms with Crippen molar-refractivity contribution in [3.63, 3.8) is 0 Å². The second-order valence-corrected chi connectivity index (χ2v) is 4.49. The van der Waals surface area contributed by atoms with Crippen molar-refractivity contribution in [2.45, 2.75) is 32.7 Å². The lowest BCUT2D eigenvalue weighted by Gasteiger charge is -2.10. The largest absolute Gasteiger partial charge is 0.466 e. The molecule has 0 heterocycles. The summed E-state index contributed by atoms with van der Waals surface area (Å²) in [4.78, 5) is 22.2. The van der Waals surface area contributed by atoms with E-state index in [0.29, 0.717) is 18.7 Å². The summed E-state index contributed by atoms with van der Waals surface area (Å²) < 4.78 is 22.5. The van der Waals surface area contributed by atoms with Crippen LogP contribution in [0.2, 0.25) is 0 Å². The first kappa shape index (κ1) is 17.7. The molecule has 0 amide bonds. The Morgan fingerprint density at radius 1 is 1.23 bits per heavy atom. The molecule has 1 rings (SSSR count). The van der Waals surface area contributed by atoms with Crippen molar-refractivity contribution in [1.82, 2.24) is 0 Å². The van der Waals surface area contributed by atoms with E-state index >= 15 is 0 Å². The lowest BCUT2D eigenvalue weighted by molar-refractivity contribution is -0.143. The molecule has 1 atom stereocenters. The van der Waals surface area contributed by atoms with E-state index in [1.54, 1.807) is 6.92 Å². The van der Waals surface area contributed by atoms with E-state index in [4.69, 9.17) is 9.47 Å². The van der Waals surface area contributed by atoms with Crippen molar-refractivity contribution in [2.75, 3.05) is 13.2 Å². The van der Waals surface area contributed by atoms with Crippen molar-refractivity contribution < 1.29 is 23.5 Å². The molecule has 0 bridgehead atoms. The van der Waals surface area contributed by atoms with Gasteiger partial charge in [0.1, 0.15) is 18.5 Å². The van der Waals surface area contributed by atoms with Crippen molar-refractivity contribution in [3.05, 3.63) is 30.1 Å². The smallest absolute Gasteiger partial charge is 0.305 e. The van der Waals surface area contributed by atoms with Gasteiger partial charge in [-0.05, 0) is 37.6 Å². The number of esters is 2. The molecule has 0 aliphatic heterocycles. The Kier molecular flexibility index (Phi) is 7.74. The molecule has 0 saturated heterocycles. The van der Waals surface area contributed by atoms with Crippen molar-refractivity contribution in [3.8, 4) is 0 Å². The molecule has 0 aliphatic rings. The van der Waals surface area contributed by atoms with Crippen LogP contribution in [-0.4, -0.2) is 31.2 Å². The number of halogens is 1. The number of carbonyl (C=O) groups is 2. The zero-order valence-corrected chi connectivity index (χ0v) is 12.6. The van der Waals surface area contributed by atoms with Gasteiger partial charge in [-0.25, -0.2) is 4.39 Å². The maximum absolute atomic E-state index is 12.8. The maximum atomic E-state index is 12.8. The summed E-state index contributed by atoms with van der Waals surface area (Å²) in [5.41, 5.74) is 0.477. The molecule has 1 aromatic rings. The third-order valence-electron chi connectivity index (χ3n) is 2.63. The van der Waals surface area contributed by atoms with E-state index in [9.17, 15) is 14.0 Å².